The first-order chi connectivity index (χ1) is 7.88. The summed E-state index contributed by atoms with van der Waals surface area (Å²) in [6.45, 7) is 2.19. The molecule has 0 unspecified atom stereocenters. The molecule has 0 spiro atoms. The second-order valence-electron chi connectivity index (χ2n) is 3.67. The minimum atomic E-state index is 0.434. The topological polar surface area (TPSA) is 30.0 Å². The summed E-state index contributed by atoms with van der Waals surface area (Å²) in [4.78, 5) is 14.6. The Balaban J connectivity index is 2.46. The number of aldehydes is 1. The van der Waals surface area contributed by atoms with Crippen LogP contribution in [0.5, 0.6) is 0 Å². The number of hydrogen-bond acceptors (Lipinski definition) is 2. The van der Waals surface area contributed by atoms with Crippen LogP contribution in [0.15, 0.2) is 18.3 Å². The van der Waals surface area contributed by atoms with Gasteiger partial charge in [-0.05, 0) is 18.6 Å². The Labute approximate surface area is 97.1 Å². The summed E-state index contributed by atoms with van der Waals surface area (Å²) in [5.41, 5.74) is 1.16. The van der Waals surface area contributed by atoms with Crippen LogP contribution in [0.3, 0.4) is 0 Å². The van der Waals surface area contributed by atoms with Gasteiger partial charge >= 0.3 is 0 Å². The number of pyridine rings is 1. The number of hydrogen-bond donors (Lipinski definition) is 0. The number of nitrogens with zero attached hydrogens (tertiary/aromatic N) is 1. The molecule has 0 fully saturated rings. The van der Waals surface area contributed by atoms with E-state index in [2.05, 4.69) is 23.7 Å². The van der Waals surface area contributed by atoms with E-state index in [-0.39, 0.29) is 0 Å². The van der Waals surface area contributed by atoms with Crippen LogP contribution in [-0.2, 0) is 0 Å². The monoisotopic (exact) mass is 215 g/mol. The lowest BCUT2D eigenvalue weighted by Gasteiger charge is -1.94. The fourth-order valence-corrected chi connectivity index (χ4v) is 1.42. The molecule has 0 amide bonds. The second kappa shape index (κ2) is 7.64. The van der Waals surface area contributed by atoms with Crippen molar-refractivity contribution in [2.75, 3.05) is 0 Å². The Hall–Kier alpha value is -1.62. The highest BCUT2D eigenvalue weighted by Crippen LogP contribution is 2.03. The Morgan fingerprint density at radius 1 is 1.38 bits per heavy atom. The molecule has 1 aromatic rings. The summed E-state index contributed by atoms with van der Waals surface area (Å²) in [6, 6.07) is 3.63. The lowest BCUT2D eigenvalue weighted by atomic mass is 10.1. The van der Waals surface area contributed by atoms with Gasteiger partial charge in [0.25, 0.3) is 0 Å². The van der Waals surface area contributed by atoms with Gasteiger partial charge in [0.15, 0.2) is 6.29 Å². The van der Waals surface area contributed by atoms with Gasteiger partial charge in [-0.3, -0.25) is 9.78 Å². The third-order valence-electron chi connectivity index (χ3n) is 2.33. The third-order valence-corrected chi connectivity index (χ3v) is 2.33. The number of unbranched alkanes of at least 4 members (excludes halogenated alkanes) is 4. The Bertz CT molecular complexity index is 387. The van der Waals surface area contributed by atoms with E-state index in [0.29, 0.717) is 5.69 Å². The number of rotatable bonds is 5. The van der Waals surface area contributed by atoms with E-state index in [1.165, 1.54) is 19.3 Å². The van der Waals surface area contributed by atoms with E-state index in [1.807, 2.05) is 6.07 Å². The molecule has 0 radical (unpaired) electrons. The molecule has 2 nitrogen and oxygen atoms in total. The number of carbonyl (C=O) groups excluding carboxylic acids is 1. The molecular weight excluding hydrogens is 198 g/mol. The summed E-state index contributed by atoms with van der Waals surface area (Å²) in [6.07, 6.45) is 8.14. The van der Waals surface area contributed by atoms with Gasteiger partial charge in [-0.25, -0.2) is 0 Å². The van der Waals surface area contributed by atoms with Crippen molar-refractivity contribution in [3.8, 4) is 11.8 Å². The molecule has 1 aromatic heterocycles. The van der Waals surface area contributed by atoms with Crippen LogP contribution in [0.25, 0.3) is 0 Å². The molecule has 0 N–H and O–H groups in total. The van der Waals surface area contributed by atoms with Crippen LogP contribution in [0.4, 0.5) is 0 Å². The van der Waals surface area contributed by atoms with Crippen LogP contribution in [0, 0.1) is 11.8 Å². The summed E-state index contributed by atoms with van der Waals surface area (Å²) in [5, 5.41) is 0. The van der Waals surface area contributed by atoms with Gasteiger partial charge < -0.3 is 0 Å². The van der Waals surface area contributed by atoms with E-state index < -0.39 is 0 Å². The lowest BCUT2D eigenvalue weighted by molar-refractivity contribution is 0.111. The van der Waals surface area contributed by atoms with E-state index >= 15 is 0 Å². The standard InChI is InChI=1S/C14H17NO/c1-2-3-4-5-6-7-9-13-10-8-11-15-14(13)12-16/h8,10-12H,2-6H2,1H3. The summed E-state index contributed by atoms with van der Waals surface area (Å²) < 4.78 is 0. The van der Waals surface area contributed by atoms with Crippen LogP contribution >= 0.6 is 0 Å². The number of carbonyl (C=O) groups is 1. The van der Waals surface area contributed by atoms with Gasteiger partial charge in [0.05, 0.1) is 5.56 Å². The SMILES string of the molecule is CCCCCCC#Cc1cccnc1C=O. The summed E-state index contributed by atoms with van der Waals surface area (Å²) in [5.74, 6) is 6.08. The molecule has 0 saturated heterocycles. The largest absolute Gasteiger partial charge is 0.296 e. The van der Waals surface area contributed by atoms with Gasteiger partial charge in [-0.15, -0.1) is 0 Å². The van der Waals surface area contributed by atoms with E-state index in [9.17, 15) is 4.79 Å². The zero-order chi connectivity index (χ0) is 11.6. The van der Waals surface area contributed by atoms with Crippen molar-refractivity contribution in [1.29, 1.82) is 0 Å². The maximum atomic E-state index is 10.7. The Morgan fingerprint density at radius 3 is 3.00 bits per heavy atom. The maximum Gasteiger partial charge on any atom is 0.169 e. The Kier molecular flexibility index (Phi) is 5.95. The first-order valence-electron chi connectivity index (χ1n) is 5.77. The molecular formula is C14H17NO. The van der Waals surface area contributed by atoms with Crippen LogP contribution < -0.4 is 0 Å². The molecule has 0 aromatic carbocycles. The van der Waals surface area contributed by atoms with Crippen molar-refractivity contribution < 1.29 is 4.79 Å². The summed E-state index contributed by atoms with van der Waals surface area (Å²) >= 11 is 0. The van der Waals surface area contributed by atoms with Crippen molar-refractivity contribution >= 4 is 6.29 Å². The third kappa shape index (κ3) is 4.27. The minimum Gasteiger partial charge on any atom is -0.296 e. The highest BCUT2D eigenvalue weighted by molar-refractivity contribution is 5.76. The normalized spacial score (nSPS) is 9.31. The highest BCUT2D eigenvalue weighted by atomic mass is 16.1. The smallest absolute Gasteiger partial charge is 0.169 e. The zero-order valence-corrected chi connectivity index (χ0v) is 9.70. The molecule has 84 valence electrons. The van der Waals surface area contributed by atoms with Gasteiger partial charge in [-0.1, -0.05) is 38.0 Å². The predicted molar refractivity (Wildman–Crippen MR) is 65.3 cm³/mol. The van der Waals surface area contributed by atoms with Crippen molar-refractivity contribution in [1.82, 2.24) is 4.98 Å². The van der Waals surface area contributed by atoms with Crippen molar-refractivity contribution in [3.63, 3.8) is 0 Å². The van der Waals surface area contributed by atoms with E-state index in [4.69, 9.17) is 0 Å². The first kappa shape index (κ1) is 12.4. The zero-order valence-electron chi connectivity index (χ0n) is 9.70. The van der Waals surface area contributed by atoms with Gasteiger partial charge in [0, 0.05) is 12.6 Å². The minimum absolute atomic E-state index is 0.434. The first-order valence-corrected chi connectivity index (χ1v) is 5.77. The average molecular weight is 215 g/mol. The molecule has 0 aliphatic heterocycles. The highest BCUT2D eigenvalue weighted by Gasteiger charge is 1.96. The molecule has 0 aliphatic carbocycles. The van der Waals surface area contributed by atoms with Gasteiger partial charge in [0.2, 0.25) is 0 Å². The molecule has 0 bridgehead atoms. The van der Waals surface area contributed by atoms with Crippen molar-refractivity contribution in [3.05, 3.63) is 29.6 Å². The van der Waals surface area contributed by atoms with E-state index in [0.717, 1.165) is 24.7 Å². The molecule has 0 saturated carbocycles. The molecule has 0 aliphatic rings. The predicted octanol–water partition coefficient (Wildman–Crippen LogP) is 3.22. The van der Waals surface area contributed by atoms with Crippen molar-refractivity contribution in [2.45, 2.75) is 39.0 Å². The average Bonchev–Trinajstić information content (AvgIpc) is 2.34. The molecule has 2 heteroatoms. The van der Waals surface area contributed by atoms with Crippen molar-refractivity contribution in [2.24, 2.45) is 0 Å². The lowest BCUT2D eigenvalue weighted by Crippen LogP contribution is -1.90. The van der Waals surface area contributed by atoms with Gasteiger partial charge in [-0.2, -0.15) is 0 Å². The van der Waals surface area contributed by atoms with E-state index in [1.54, 1.807) is 12.3 Å². The number of aromatic nitrogens is 1. The maximum absolute atomic E-state index is 10.7. The van der Waals surface area contributed by atoms with Crippen LogP contribution in [0.1, 0.15) is 55.1 Å². The Morgan fingerprint density at radius 2 is 2.25 bits per heavy atom. The van der Waals surface area contributed by atoms with Gasteiger partial charge in [0.1, 0.15) is 5.69 Å². The fraction of sp³-hybridized carbons (Fsp3) is 0.429. The molecule has 16 heavy (non-hydrogen) atoms. The van der Waals surface area contributed by atoms with Crippen LogP contribution in [-0.4, -0.2) is 11.3 Å². The van der Waals surface area contributed by atoms with Crippen LogP contribution in [0.2, 0.25) is 0 Å². The molecule has 1 rings (SSSR count). The summed E-state index contributed by atoms with van der Waals surface area (Å²) in [7, 11) is 0. The quantitative estimate of drug-likeness (QED) is 0.429. The molecule has 0 atom stereocenters. The molecule has 1 heterocycles. The fourth-order valence-electron chi connectivity index (χ4n) is 1.42. The second-order valence-corrected chi connectivity index (χ2v) is 3.67.